The van der Waals surface area contributed by atoms with Gasteiger partial charge in [-0.3, -0.25) is 57.5 Å². The standard InChI is InChI=1S/C56H66N6O8.C50H58N6O6/c1-3-44(63)24-13-17-30-51(66)61-39-42-23-12-14-25-46(42)53-54(47-26-15-16-28-49(47)61)62(60-59-53)37-19-18-27-48(50(65)29-11-6-5-7-20-38-70-52(67)36-35-45(64)4-2)58-56(69)41-31-33-43(34-32-41)57-55(68)40-21-9-8-10-22-40;1-2-40(58)22-11-15-28-46(60)55-35-38-21-10-12-23-41(38)47-48(42-24-13-14-26-44(42)55)56(54-53-47)33-17-16-25-43(45(59)27-9-4-3-5-18-34-57)52-50(62)37-29-31-39(32-30-37)51-49(61)36-19-7-6-8-20-36/h8-10,12,14-16,21-23,25-26,28,31-34,48H,3-7,11,13,17-20,24,27,29-30,35-39H2,1-2H3,(H,57,68)(H,58,69);6-8,10,12-14,19-21,23-24,26,29-32,43,57H,2-5,9,11,15-18,22,25,27-28,33-35H2,1H3,(H,51,61)(H,52,62). The van der Waals surface area contributed by atoms with E-state index in [-0.39, 0.29) is 90.3 Å². The molecule has 2 unspecified atom stereocenters. The van der Waals surface area contributed by atoms with E-state index in [2.05, 4.69) is 31.7 Å². The van der Waals surface area contributed by atoms with Crippen LogP contribution in [0.4, 0.5) is 22.7 Å². The molecular formula is C106H124N12O14. The van der Waals surface area contributed by atoms with Crippen LogP contribution in [0, 0.1) is 0 Å². The lowest BCUT2D eigenvalue weighted by molar-refractivity contribution is -0.145. The Morgan fingerprint density at radius 2 is 0.705 bits per heavy atom. The summed E-state index contributed by atoms with van der Waals surface area (Å²) >= 11 is 0. The molecule has 0 bridgehead atoms. The van der Waals surface area contributed by atoms with E-state index < -0.39 is 18.0 Å². The molecule has 0 fully saturated rings. The van der Waals surface area contributed by atoms with Crippen molar-refractivity contribution in [2.75, 3.05) is 33.6 Å². The van der Waals surface area contributed by atoms with Crippen molar-refractivity contribution in [3.63, 3.8) is 0 Å². The van der Waals surface area contributed by atoms with E-state index >= 15 is 0 Å². The second kappa shape index (κ2) is 52.5. The van der Waals surface area contributed by atoms with E-state index in [1.807, 2.05) is 142 Å². The number of ketones is 5. The average Bonchev–Trinajstić information content (AvgIpc) is 1.58. The summed E-state index contributed by atoms with van der Waals surface area (Å²) in [6, 6.07) is 61.0. The third-order valence-electron chi connectivity index (χ3n) is 24.1. The molecule has 12 rings (SSSR count). The number of aliphatic hydroxyl groups excluding tert-OH is 1. The molecule has 0 saturated heterocycles. The van der Waals surface area contributed by atoms with Gasteiger partial charge in [0.2, 0.25) is 11.8 Å². The minimum absolute atomic E-state index is 0.00707. The number of carbonyl (C=O) groups is 12. The lowest BCUT2D eigenvalue weighted by Crippen LogP contribution is -2.40. The van der Waals surface area contributed by atoms with Crippen LogP contribution in [-0.2, 0) is 69.3 Å². The third kappa shape index (κ3) is 29.3. The van der Waals surface area contributed by atoms with Gasteiger partial charge < -0.3 is 40.9 Å². The third-order valence-corrected chi connectivity index (χ3v) is 24.1. The number of unbranched alkanes of at least 4 members (excludes halogenated alkanes) is 12. The van der Waals surface area contributed by atoms with Crippen molar-refractivity contribution < 1.29 is 67.4 Å². The van der Waals surface area contributed by atoms with Crippen LogP contribution in [0.1, 0.15) is 272 Å². The number of benzene rings is 8. The van der Waals surface area contributed by atoms with Gasteiger partial charge in [0.15, 0.2) is 11.6 Å². The largest absolute Gasteiger partial charge is 0.466 e. The van der Waals surface area contributed by atoms with Gasteiger partial charge in [0.25, 0.3) is 23.6 Å². The molecule has 2 atom stereocenters. The Labute approximate surface area is 773 Å². The summed E-state index contributed by atoms with van der Waals surface area (Å²) in [4.78, 5) is 159. The maximum atomic E-state index is 14.0. The number of para-hydroxylation sites is 2. The highest BCUT2D eigenvalue weighted by Gasteiger charge is 2.33. The van der Waals surface area contributed by atoms with Crippen LogP contribution in [0.15, 0.2) is 206 Å². The first-order valence-electron chi connectivity index (χ1n) is 47.1. The van der Waals surface area contributed by atoms with E-state index in [1.54, 1.807) is 104 Å². The van der Waals surface area contributed by atoms with Crippen molar-refractivity contribution in [1.29, 1.82) is 0 Å². The van der Waals surface area contributed by atoms with Crippen LogP contribution in [-0.4, -0.2) is 131 Å². The zero-order chi connectivity index (χ0) is 93.4. The molecule has 4 heterocycles. The summed E-state index contributed by atoms with van der Waals surface area (Å²) in [7, 11) is 0. The second-order valence-electron chi connectivity index (χ2n) is 33.7. The van der Waals surface area contributed by atoms with Gasteiger partial charge in [0.05, 0.1) is 61.0 Å². The number of aliphatic hydroxyl groups is 1. The molecule has 5 N–H and O–H groups in total. The van der Waals surface area contributed by atoms with Crippen LogP contribution < -0.4 is 31.1 Å². The number of esters is 1. The Bertz CT molecular complexity index is 5540. The van der Waals surface area contributed by atoms with Crippen molar-refractivity contribution >= 4 is 93.1 Å². The number of aromatic nitrogens is 6. The number of amides is 6. The van der Waals surface area contributed by atoms with Crippen LogP contribution in [0.5, 0.6) is 0 Å². The van der Waals surface area contributed by atoms with Gasteiger partial charge in [-0.15, -0.1) is 10.2 Å². The van der Waals surface area contributed by atoms with E-state index in [0.29, 0.717) is 201 Å². The zero-order valence-electron chi connectivity index (χ0n) is 76.3. The quantitative estimate of drug-likeness (QED) is 0.0175. The summed E-state index contributed by atoms with van der Waals surface area (Å²) in [5.41, 5.74) is 12.8. The first-order valence-corrected chi connectivity index (χ1v) is 47.1. The molecular weight excluding hydrogens is 1670 g/mol. The Kier molecular flexibility index (Phi) is 39.4. The number of hydrogen-bond acceptors (Lipinski definition) is 18. The molecule has 10 aromatic rings. The number of hydrogen-bond donors (Lipinski definition) is 5. The molecule has 0 saturated carbocycles. The Morgan fingerprint density at radius 1 is 0.348 bits per heavy atom. The molecule has 692 valence electrons. The van der Waals surface area contributed by atoms with Crippen molar-refractivity contribution in [1.82, 2.24) is 40.6 Å². The number of fused-ring (bicyclic) bond motifs is 10. The van der Waals surface area contributed by atoms with Gasteiger partial charge in [0, 0.05) is 140 Å². The van der Waals surface area contributed by atoms with Crippen molar-refractivity contribution in [3.05, 3.63) is 240 Å². The van der Waals surface area contributed by atoms with Gasteiger partial charge in [-0.25, -0.2) is 9.36 Å². The molecule has 2 aliphatic heterocycles. The van der Waals surface area contributed by atoms with Crippen LogP contribution in [0.25, 0.3) is 45.0 Å². The summed E-state index contributed by atoms with van der Waals surface area (Å²) < 4.78 is 9.02. The fraction of sp³-hybridized carbons (Fsp3) is 0.396. The molecule has 0 aliphatic carbocycles. The number of ether oxygens (including phenoxy) is 1. The first-order chi connectivity index (χ1) is 64.3. The minimum atomic E-state index is -0.743. The summed E-state index contributed by atoms with van der Waals surface area (Å²) in [6.07, 6.45) is 17.8. The molecule has 0 spiro atoms. The molecule has 26 heteroatoms. The predicted molar refractivity (Wildman–Crippen MR) is 512 cm³/mol. The normalized spacial score (nSPS) is 12.2. The van der Waals surface area contributed by atoms with Crippen LogP contribution >= 0.6 is 0 Å². The van der Waals surface area contributed by atoms with E-state index in [4.69, 9.17) is 20.0 Å². The number of rotatable bonds is 51. The highest BCUT2D eigenvalue weighted by molar-refractivity contribution is 6.07. The van der Waals surface area contributed by atoms with Crippen LogP contribution in [0.2, 0.25) is 0 Å². The fourth-order valence-electron chi connectivity index (χ4n) is 16.4. The van der Waals surface area contributed by atoms with Crippen molar-refractivity contribution in [2.24, 2.45) is 0 Å². The number of Topliss-reactive ketones (excluding diaryl/α,β-unsaturated/α-hetero) is 5. The minimum Gasteiger partial charge on any atom is -0.466 e. The number of anilines is 4. The highest BCUT2D eigenvalue weighted by Crippen LogP contribution is 2.44. The van der Waals surface area contributed by atoms with E-state index in [1.165, 1.54) is 0 Å². The highest BCUT2D eigenvalue weighted by atomic mass is 16.5. The van der Waals surface area contributed by atoms with Gasteiger partial charge in [0.1, 0.15) is 28.7 Å². The summed E-state index contributed by atoms with van der Waals surface area (Å²) in [5.74, 6) is -1.31. The SMILES string of the molecule is CCC(=O)CCCCC(=O)N1Cc2ccccc2-c2nnn(CCCCC(NC(=O)c3ccc(NC(=O)c4ccccc4)cc3)C(=O)CCCCCCCO)c2-c2ccccc21.CCC(=O)CCCCC(=O)N1Cc2ccccc2-c2nnn(CCCCC(NC(=O)c3ccc(NC(=O)c4ccccc4)cc3)C(=O)CCCCCCCOC(=O)CCC(=O)CC)c2-c2ccccc21. The van der Waals surface area contributed by atoms with Crippen LogP contribution in [0.3, 0.4) is 0 Å². The number of carbonyl (C=O) groups excluding carboxylic acids is 12. The lowest BCUT2D eigenvalue weighted by Gasteiger charge is -2.29. The topological polar surface area (TPSA) is 350 Å². The monoisotopic (exact) mass is 1790 g/mol. The molecule has 2 aromatic heterocycles. The molecule has 6 amide bonds. The predicted octanol–water partition coefficient (Wildman–Crippen LogP) is 19.6. The molecule has 8 aromatic carbocycles. The van der Waals surface area contributed by atoms with Crippen molar-refractivity contribution in [3.8, 4) is 45.0 Å². The summed E-state index contributed by atoms with van der Waals surface area (Å²) in [6.45, 7) is 7.65. The van der Waals surface area contributed by atoms with E-state index in [0.717, 1.165) is 112 Å². The average molecular weight is 1790 g/mol. The zero-order valence-corrected chi connectivity index (χ0v) is 76.3. The Balaban J connectivity index is 0.000000256. The van der Waals surface area contributed by atoms with Gasteiger partial charge in [-0.2, -0.15) is 0 Å². The van der Waals surface area contributed by atoms with Gasteiger partial charge >= 0.3 is 5.97 Å². The second-order valence-corrected chi connectivity index (χ2v) is 33.7. The van der Waals surface area contributed by atoms with Crippen molar-refractivity contribution in [2.45, 2.75) is 258 Å². The smallest absolute Gasteiger partial charge is 0.306 e. The van der Waals surface area contributed by atoms with E-state index in [9.17, 15) is 57.5 Å². The maximum absolute atomic E-state index is 14.0. The Morgan fingerprint density at radius 3 is 1.13 bits per heavy atom. The molecule has 26 nitrogen and oxygen atoms in total. The summed E-state index contributed by atoms with van der Waals surface area (Å²) in [5, 5.41) is 39.5. The number of nitrogens with one attached hydrogen (secondary N) is 4. The molecule has 2 aliphatic rings. The Hall–Kier alpha value is -13.4. The van der Waals surface area contributed by atoms with Gasteiger partial charge in [-0.05, 0) is 186 Å². The lowest BCUT2D eigenvalue weighted by atomic mass is 9.95. The fourth-order valence-corrected chi connectivity index (χ4v) is 16.4. The molecule has 132 heavy (non-hydrogen) atoms. The first kappa shape index (κ1) is 99.2. The number of aryl methyl sites for hydroxylation is 2. The maximum Gasteiger partial charge on any atom is 0.306 e. The molecule has 0 radical (unpaired) electrons. The number of nitrogens with zero attached hydrogens (tertiary/aromatic N) is 8. The van der Waals surface area contributed by atoms with Gasteiger partial charge in [-0.1, -0.05) is 191 Å².